The van der Waals surface area contributed by atoms with Crippen molar-refractivity contribution in [3.8, 4) is 0 Å². The molecule has 0 radical (unpaired) electrons. The van der Waals surface area contributed by atoms with Gasteiger partial charge in [0.15, 0.2) is 0 Å². The lowest BCUT2D eigenvalue weighted by Crippen LogP contribution is -2.44. The van der Waals surface area contributed by atoms with Gasteiger partial charge in [0.05, 0.1) is 5.75 Å². The Morgan fingerprint density at radius 1 is 0.710 bits per heavy atom. The predicted octanol–water partition coefficient (Wildman–Crippen LogP) is 2.11. The standard InChI is InChI=1S/C21H20N2O7S/c1-2-3-9-22-18(24)12-5-7-14-17-15(8-6-13(16(12)17)19(22)25)21(27)23(20(14)26)10-4-11-31(28,29)30/h5-8H,2-4,9-11H2,1H3,(H,28,29,30). The highest BCUT2D eigenvalue weighted by molar-refractivity contribution is 7.85. The first-order valence-corrected chi connectivity index (χ1v) is 11.5. The molecule has 4 rings (SSSR count). The summed E-state index contributed by atoms with van der Waals surface area (Å²) in [5, 5.41) is 0.574. The van der Waals surface area contributed by atoms with Gasteiger partial charge in [0.2, 0.25) is 0 Å². The molecule has 10 heteroatoms. The molecule has 9 nitrogen and oxygen atoms in total. The fraction of sp³-hybridized carbons (Fsp3) is 0.333. The average molecular weight is 444 g/mol. The van der Waals surface area contributed by atoms with Crippen LogP contribution in [0.25, 0.3) is 10.8 Å². The minimum atomic E-state index is -4.22. The van der Waals surface area contributed by atoms with Crippen molar-refractivity contribution >= 4 is 44.5 Å². The zero-order valence-corrected chi connectivity index (χ0v) is 17.6. The molecule has 0 atom stereocenters. The molecule has 0 aliphatic carbocycles. The molecule has 1 N–H and O–H groups in total. The normalized spacial score (nSPS) is 15.9. The van der Waals surface area contributed by atoms with Gasteiger partial charge < -0.3 is 0 Å². The molecule has 0 unspecified atom stereocenters. The zero-order chi connectivity index (χ0) is 22.5. The van der Waals surface area contributed by atoms with E-state index in [-0.39, 0.29) is 47.2 Å². The van der Waals surface area contributed by atoms with Crippen molar-refractivity contribution in [2.24, 2.45) is 0 Å². The van der Waals surface area contributed by atoms with Gasteiger partial charge in [-0.3, -0.25) is 33.5 Å². The van der Waals surface area contributed by atoms with Gasteiger partial charge in [-0.05, 0) is 37.1 Å². The molecule has 0 spiro atoms. The van der Waals surface area contributed by atoms with E-state index in [9.17, 15) is 27.6 Å². The third-order valence-corrected chi connectivity index (χ3v) is 6.39. The van der Waals surface area contributed by atoms with Gasteiger partial charge in [0.25, 0.3) is 33.7 Å². The summed E-state index contributed by atoms with van der Waals surface area (Å²) in [6.45, 7) is 2.06. The Morgan fingerprint density at radius 2 is 1.06 bits per heavy atom. The van der Waals surface area contributed by atoms with Crippen LogP contribution in [-0.2, 0) is 10.1 Å². The highest BCUT2D eigenvalue weighted by atomic mass is 32.2. The SMILES string of the molecule is CCCCN1C(=O)c2ccc3c4c(ccc(c24)C1=O)C(=O)N(CCCS(=O)(=O)O)C3=O. The van der Waals surface area contributed by atoms with Gasteiger partial charge in [-0.25, -0.2) is 0 Å². The number of unbranched alkanes of at least 4 members (excludes halogenated alkanes) is 1. The monoisotopic (exact) mass is 444 g/mol. The molecule has 0 bridgehead atoms. The molecule has 4 amide bonds. The Bertz CT molecular complexity index is 1200. The van der Waals surface area contributed by atoms with Gasteiger partial charge in [0, 0.05) is 46.1 Å². The van der Waals surface area contributed by atoms with Crippen molar-refractivity contribution in [2.45, 2.75) is 26.2 Å². The second kappa shape index (κ2) is 7.54. The molecular weight excluding hydrogens is 424 g/mol. The first-order valence-electron chi connectivity index (χ1n) is 9.93. The Kier molecular flexibility index (Phi) is 5.14. The van der Waals surface area contributed by atoms with E-state index >= 15 is 0 Å². The predicted molar refractivity (Wildman–Crippen MR) is 111 cm³/mol. The molecule has 0 aromatic heterocycles. The number of benzene rings is 2. The number of imide groups is 2. The van der Waals surface area contributed by atoms with Crippen LogP contribution in [0.1, 0.15) is 67.6 Å². The van der Waals surface area contributed by atoms with Crippen molar-refractivity contribution in [2.75, 3.05) is 18.8 Å². The van der Waals surface area contributed by atoms with E-state index in [1.54, 1.807) is 0 Å². The van der Waals surface area contributed by atoms with E-state index in [4.69, 9.17) is 4.55 Å². The second-order valence-electron chi connectivity index (χ2n) is 7.59. The summed E-state index contributed by atoms with van der Waals surface area (Å²) >= 11 is 0. The van der Waals surface area contributed by atoms with E-state index < -0.39 is 39.5 Å². The van der Waals surface area contributed by atoms with Crippen LogP contribution in [0, 0.1) is 0 Å². The molecule has 31 heavy (non-hydrogen) atoms. The molecule has 0 saturated heterocycles. The minimum absolute atomic E-state index is 0.117. The van der Waals surface area contributed by atoms with Gasteiger partial charge >= 0.3 is 0 Å². The minimum Gasteiger partial charge on any atom is -0.286 e. The van der Waals surface area contributed by atoms with Crippen molar-refractivity contribution < 1.29 is 32.1 Å². The Hall–Kier alpha value is -3.11. The summed E-state index contributed by atoms with van der Waals surface area (Å²) in [4.78, 5) is 54.0. The summed E-state index contributed by atoms with van der Waals surface area (Å²) in [5.41, 5.74) is 0.882. The van der Waals surface area contributed by atoms with E-state index in [1.807, 2.05) is 6.92 Å². The van der Waals surface area contributed by atoms with Crippen LogP contribution in [-0.4, -0.2) is 65.2 Å². The van der Waals surface area contributed by atoms with Gasteiger partial charge in [-0.15, -0.1) is 0 Å². The number of hydrogen-bond donors (Lipinski definition) is 1. The Balaban J connectivity index is 1.79. The molecule has 2 heterocycles. The molecule has 2 aliphatic heterocycles. The number of rotatable bonds is 7. The summed E-state index contributed by atoms with van der Waals surface area (Å²) in [6.07, 6.45) is 1.36. The van der Waals surface area contributed by atoms with Gasteiger partial charge in [-0.1, -0.05) is 13.3 Å². The topological polar surface area (TPSA) is 129 Å². The third kappa shape index (κ3) is 3.41. The van der Waals surface area contributed by atoms with Crippen LogP contribution in [0.3, 0.4) is 0 Å². The third-order valence-electron chi connectivity index (χ3n) is 5.58. The summed E-state index contributed by atoms with van der Waals surface area (Å²) < 4.78 is 30.8. The van der Waals surface area contributed by atoms with E-state index in [0.29, 0.717) is 11.8 Å². The highest BCUT2D eigenvalue weighted by Crippen LogP contribution is 2.37. The van der Waals surface area contributed by atoms with E-state index in [0.717, 1.165) is 11.3 Å². The Labute approximate surface area is 178 Å². The molecule has 0 fully saturated rings. The average Bonchev–Trinajstić information content (AvgIpc) is 2.72. The van der Waals surface area contributed by atoms with Crippen molar-refractivity contribution in [3.63, 3.8) is 0 Å². The van der Waals surface area contributed by atoms with Crippen LogP contribution in [0.15, 0.2) is 24.3 Å². The lowest BCUT2D eigenvalue weighted by molar-refractivity contribution is 0.0588. The van der Waals surface area contributed by atoms with Crippen LogP contribution >= 0.6 is 0 Å². The molecule has 2 aromatic rings. The van der Waals surface area contributed by atoms with Gasteiger partial charge in [-0.2, -0.15) is 8.42 Å². The van der Waals surface area contributed by atoms with Crippen LogP contribution < -0.4 is 0 Å². The molecule has 162 valence electrons. The van der Waals surface area contributed by atoms with Gasteiger partial charge in [0.1, 0.15) is 0 Å². The lowest BCUT2D eigenvalue weighted by atomic mass is 9.86. The van der Waals surface area contributed by atoms with Crippen LogP contribution in [0.4, 0.5) is 0 Å². The number of hydrogen-bond acceptors (Lipinski definition) is 6. The number of amides is 4. The van der Waals surface area contributed by atoms with Crippen molar-refractivity contribution in [1.29, 1.82) is 0 Å². The fourth-order valence-electron chi connectivity index (χ4n) is 4.10. The summed E-state index contributed by atoms with van der Waals surface area (Å²) in [6, 6.07) is 5.90. The second-order valence-corrected chi connectivity index (χ2v) is 9.16. The number of carbonyl (C=O) groups excluding carboxylic acids is 4. The van der Waals surface area contributed by atoms with E-state index in [2.05, 4.69) is 0 Å². The zero-order valence-electron chi connectivity index (χ0n) is 16.8. The maximum atomic E-state index is 13.0. The summed E-state index contributed by atoms with van der Waals surface area (Å²) in [7, 11) is -4.22. The number of nitrogens with zero attached hydrogens (tertiary/aromatic N) is 2. The smallest absolute Gasteiger partial charge is 0.264 e. The lowest BCUT2D eigenvalue weighted by Gasteiger charge is -2.31. The Morgan fingerprint density at radius 3 is 1.39 bits per heavy atom. The van der Waals surface area contributed by atoms with E-state index in [1.165, 1.54) is 29.2 Å². The molecule has 0 saturated carbocycles. The first-order chi connectivity index (χ1) is 14.7. The maximum Gasteiger partial charge on any atom is 0.264 e. The fourth-order valence-corrected chi connectivity index (χ4v) is 4.60. The molecular formula is C21H20N2O7S. The summed E-state index contributed by atoms with van der Waals surface area (Å²) in [5.74, 6) is -2.76. The van der Waals surface area contributed by atoms with Crippen LogP contribution in [0.2, 0.25) is 0 Å². The van der Waals surface area contributed by atoms with Crippen molar-refractivity contribution in [3.05, 3.63) is 46.5 Å². The first kappa shape index (κ1) is 21.1. The molecule has 2 aromatic carbocycles. The largest absolute Gasteiger partial charge is 0.286 e. The highest BCUT2D eigenvalue weighted by Gasteiger charge is 2.39. The van der Waals surface area contributed by atoms with Crippen molar-refractivity contribution in [1.82, 2.24) is 9.80 Å². The number of carbonyl (C=O) groups is 4. The maximum absolute atomic E-state index is 13.0. The molecule has 2 aliphatic rings. The quantitative estimate of drug-likeness (QED) is 0.511. The van der Waals surface area contributed by atoms with Crippen LogP contribution in [0.5, 0.6) is 0 Å².